The van der Waals surface area contributed by atoms with Crippen molar-refractivity contribution >= 4 is 21.8 Å². The smallest absolute Gasteiger partial charge is 0.197 e. The number of ether oxygens (including phenoxy) is 1. The van der Waals surface area contributed by atoms with Crippen molar-refractivity contribution in [2.45, 2.75) is 17.8 Å². The highest BCUT2D eigenvalue weighted by Gasteiger charge is 2.16. The molecule has 0 bridgehead atoms. The van der Waals surface area contributed by atoms with Gasteiger partial charge >= 0.3 is 0 Å². The van der Waals surface area contributed by atoms with Gasteiger partial charge in [0.15, 0.2) is 5.16 Å². The van der Waals surface area contributed by atoms with Crippen LogP contribution in [0.15, 0.2) is 41.7 Å². The average Bonchev–Trinajstić information content (AvgIpc) is 3.16. The molecule has 2 aromatic heterocycles. The van der Waals surface area contributed by atoms with E-state index in [9.17, 15) is 4.21 Å². The molecular weight excluding hydrogens is 386 g/mol. The number of likely N-dealkylation sites (N-methyl/N-ethyl adjacent to an activating group) is 1. The molecule has 1 unspecified atom stereocenters. The first-order valence-corrected chi connectivity index (χ1v) is 11.2. The topological polar surface area (TPSA) is 74.3 Å². The van der Waals surface area contributed by atoms with Gasteiger partial charge in [-0.2, -0.15) is 0 Å². The fourth-order valence-corrected chi connectivity index (χ4v) is 4.55. The Bertz CT molecular complexity index is 965. The van der Waals surface area contributed by atoms with Crippen LogP contribution in [0.25, 0.3) is 11.0 Å². The highest BCUT2D eigenvalue weighted by atomic mass is 32.2. The maximum Gasteiger partial charge on any atom is 0.197 e. The van der Waals surface area contributed by atoms with Gasteiger partial charge in [0.1, 0.15) is 12.4 Å². The molecule has 1 aliphatic rings. The number of imidazole rings is 1. The third kappa shape index (κ3) is 4.83. The second-order valence-corrected chi connectivity index (χ2v) is 8.79. The van der Waals surface area contributed by atoms with E-state index in [-0.39, 0.29) is 0 Å². The zero-order chi connectivity index (χ0) is 20.2. The van der Waals surface area contributed by atoms with Crippen LogP contribution in [-0.2, 0) is 16.6 Å². The number of nitrogens with one attached hydrogen (secondary N) is 1. The van der Waals surface area contributed by atoms with Gasteiger partial charge in [-0.05, 0) is 32.2 Å². The normalized spacial score (nSPS) is 16.9. The summed E-state index contributed by atoms with van der Waals surface area (Å²) in [4.78, 5) is 16.8. The Morgan fingerprint density at radius 2 is 1.97 bits per heavy atom. The molecule has 0 saturated carbocycles. The number of hydrogen-bond acceptors (Lipinski definition) is 6. The Labute approximate surface area is 173 Å². The van der Waals surface area contributed by atoms with Gasteiger partial charge in [0, 0.05) is 44.5 Å². The van der Waals surface area contributed by atoms with E-state index in [4.69, 9.17) is 4.74 Å². The highest BCUT2D eigenvalue weighted by Crippen LogP contribution is 2.22. The van der Waals surface area contributed by atoms with Crippen LogP contribution < -0.4 is 4.74 Å². The van der Waals surface area contributed by atoms with Crippen molar-refractivity contribution in [2.24, 2.45) is 0 Å². The third-order valence-corrected chi connectivity index (χ3v) is 6.53. The molecule has 0 spiro atoms. The fraction of sp³-hybridized carbons (Fsp3) is 0.429. The van der Waals surface area contributed by atoms with Gasteiger partial charge in [0.25, 0.3) is 0 Å². The molecule has 8 heteroatoms. The lowest BCUT2D eigenvalue weighted by atomic mass is 10.2. The van der Waals surface area contributed by atoms with Crippen LogP contribution >= 0.6 is 0 Å². The van der Waals surface area contributed by atoms with Crippen molar-refractivity contribution in [1.29, 1.82) is 0 Å². The minimum atomic E-state index is -1.30. The lowest BCUT2D eigenvalue weighted by Crippen LogP contribution is -2.45. The summed E-state index contributed by atoms with van der Waals surface area (Å²) in [6, 6.07) is 9.57. The number of benzene rings is 1. The van der Waals surface area contributed by atoms with E-state index in [0.29, 0.717) is 17.5 Å². The molecule has 3 heterocycles. The van der Waals surface area contributed by atoms with Crippen molar-refractivity contribution < 1.29 is 8.95 Å². The lowest BCUT2D eigenvalue weighted by molar-refractivity contribution is 0.133. The van der Waals surface area contributed by atoms with E-state index in [0.717, 1.165) is 60.8 Å². The van der Waals surface area contributed by atoms with Crippen molar-refractivity contribution in [2.75, 3.05) is 46.4 Å². The monoisotopic (exact) mass is 413 g/mol. The average molecular weight is 414 g/mol. The molecule has 7 nitrogen and oxygen atoms in total. The predicted molar refractivity (Wildman–Crippen MR) is 115 cm³/mol. The molecule has 1 N–H and O–H groups in total. The van der Waals surface area contributed by atoms with Crippen LogP contribution in [0.3, 0.4) is 0 Å². The lowest BCUT2D eigenvalue weighted by Gasteiger charge is -2.32. The number of hydrogen-bond donors (Lipinski definition) is 1. The Balaban J connectivity index is 1.37. The summed E-state index contributed by atoms with van der Waals surface area (Å²) in [7, 11) is 0.862. The largest absolute Gasteiger partial charge is 0.492 e. The number of pyridine rings is 1. The molecule has 1 fully saturated rings. The van der Waals surface area contributed by atoms with E-state index < -0.39 is 10.8 Å². The van der Waals surface area contributed by atoms with E-state index in [1.165, 1.54) is 0 Å². The molecular formula is C21H27N5O2S. The zero-order valence-corrected chi connectivity index (χ0v) is 17.7. The maximum absolute atomic E-state index is 12.8. The van der Waals surface area contributed by atoms with Crippen LogP contribution in [0.5, 0.6) is 5.75 Å². The van der Waals surface area contributed by atoms with E-state index in [1.807, 2.05) is 37.3 Å². The van der Waals surface area contributed by atoms with E-state index >= 15 is 0 Å². The van der Waals surface area contributed by atoms with Gasteiger partial charge in [-0.25, -0.2) is 4.98 Å². The molecule has 3 aromatic rings. The number of rotatable bonds is 7. The van der Waals surface area contributed by atoms with Crippen LogP contribution in [0.4, 0.5) is 0 Å². The van der Waals surface area contributed by atoms with Crippen LogP contribution in [-0.4, -0.2) is 75.3 Å². The highest BCUT2D eigenvalue weighted by molar-refractivity contribution is 7.84. The molecule has 0 radical (unpaired) electrons. The summed E-state index contributed by atoms with van der Waals surface area (Å²) in [5.74, 6) is 1.12. The second kappa shape index (κ2) is 9.02. The third-order valence-electron chi connectivity index (χ3n) is 5.37. The van der Waals surface area contributed by atoms with Gasteiger partial charge in [0.05, 0.1) is 33.3 Å². The van der Waals surface area contributed by atoms with Crippen molar-refractivity contribution in [3.8, 4) is 5.75 Å². The van der Waals surface area contributed by atoms with Crippen molar-refractivity contribution in [1.82, 2.24) is 24.8 Å². The van der Waals surface area contributed by atoms with Gasteiger partial charge in [-0.1, -0.05) is 12.1 Å². The number of H-pyrrole nitrogens is 1. The quantitative estimate of drug-likeness (QED) is 0.640. The molecule has 1 aromatic carbocycles. The van der Waals surface area contributed by atoms with Gasteiger partial charge in [0.2, 0.25) is 0 Å². The zero-order valence-electron chi connectivity index (χ0n) is 16.9. The Hall–Kier alpha value is -2.29. The van der Waals surface area contributed by atoms with E-state index in [2.05, 4.69) is 31.8 Å². The minimum Gasteiger partial charge on any atom is -0.492 e. The van der Waals surface area contributed by atoms with Crippen molar-refractivity contribution in [3.63, 3.8) is 0 Å². The summed E-state index contributed by atoms with van der Waals surface area (Å²) >= 11 is 0. The Morgan fingerprint density at radius 3 is 2.76 bits per heavy atom. The van der Waals surface area contributed by atoms with Gasteiger partial charge in [-0.3, -0.25) is 14.1 Å². The first-order chi connectivity index (χ1) is 14.1. The summed E-state index contributed by atoms with van der Waals surface area (Å²) in [5.41, 5.74) is 3.43. The number of nitrogens with zero attached hydrogens (tertiary/aromatic N) is 4. The number of fused-ring (bicyclic) bond motifs is 1. The van der Waals surface area contributed by atoms with Gasteiger partial charge < -0.3 is 14.6 Å². The molecule has 29 heavy (non-hydrogen) atoms. The molecule has 154 valence electrons. The SMILES string of the molecule is Cc1c(OCCN2CCN(C)CC2)ccnc1CS(=O)c1nc2ccccc2[nH]1. The summed E-state index contributed by atoms with van der Waals surface area (Å²) in [6.07, 6.45) is 1.73. The van der Waals surface area contributed by atoms with Crippen LogP contribution in [0.2, 0.25) is 0 Å². The summed E-state index contributed by atoms with van der Waals surface area (Å²) < 4.78 is 18.8. The van der Waals surface area contributed by atoms with E-state index in [1.54, 1.807) is 6.20 Å². The Kier molecular flexibility index (Phi) is 6.22. The summed E-state index contributed by atoms with van der Waals surface area (Å²) in [6.45, 7) is 7.89. The molecule has 1 atom stereocenters. The molecule has 1 saturated heterocycles. The molecule has 0 aliphatic carbocycles. The predicted octanol–water partition coefficient (Wildman–Crippen LogP) is 2.20. The molecule has 4 rings (SSSR count). The standard InChI is InChI=1S/C21H27N5O2S/c1-16-19(15-29(27)21-23-17-5-3-4-6-18(17)24-21)22-8-7-20(16)28-14-13-26-11-9-25(2)10-12-26/h3-8H,9-15H2,1-2H3,(H,23,24). The number of aromatic nitrogens is 3. The summed E-state index contributed by atoms with van der Waals surface area (Å²) in [5, 5.41) is 0.480. The van der Waals surface area contributed by atoms with Crippen LogP contribution in [0.1, 0.15) is 11.3 Å². The second-order valence-electron chi connectivity index (χ2n) is 7.42. The Morgan fingerprint density at radius 1 is 1.17 bits per heavy atom. The fourth-order valence-electron chi connectivity index (χ4n) is 3.45. The number of piperazine rings is 1. The number of aromatic amines is 1. The maximum atomic E-state index is 12.8. The first kappa shape index (κ1) is 20.0. The number of para-hydroxylation sites is 2. The van der Waals surface area contributed by atoms with Gasteiger partial charge in [-0.15, -0.1) is 0 Å². The van der Waals surface area contributed by atoms with Crippen LogP contribution in [0, 0.1) is 6.92 Å². The molecule has 1 aliphatic heterocycles. The molecule has 0 amide bonds. The minimum absolute atomic E-state index is 0.307. The first-order valence-electron chi connectivity index (χ1n) is 9.91. The van der Waals surface area contributed by atoms with Crippen molar-refractivity contribution in [3.05, 3.63) is 47.8 Å².